The minimum atomic E-state index is -0.196. The van der Waals surface area contributed by atoms with Crippen molar-refractivity contribution >= 4 is 0 Å². The van der Waals surface area contributed by atoms with E-state index in [0.29, 0.717) is 6.04 Å². The molecule has 0 saturated heterocycles. The topological polar surface area (TPSA) is 49.5 Å². The first-order chi connectivity index (χ1) is 6.11. The van der Waals surface area contributed by atoms with E-state index in [1.54, 1.807) is 0 Å². The van der Waals surface area contributed by atoms with Gasteiger partial charge in [0.2, 0.25) is 0 Å². The van der Waals surface area contributed by atoms with Gasteiger partial charge in [-0.2, -0.15) is 0 Å². The van der Waals surface area contributed by atoms with Gasteiger partial charge in [0.05, 0.1) is 6.10 Å². The highest BCUT2D eigenvalue weighted by atomic mass is 16.3. The van der Waals surface area contributed by atoms with Crippen molar-refractivity contribution in [2.75, 3.05) is 20.1 Å². The van der Waals surface area contributed by atoms with Gasteiger partial charge >= 0.3 is 0 Å². The van der Waals surface area contributed by atoms with Gasteiger partial charge in [-0.15, -0.1) is 0 Å². The lowest BCUT2D eigenvalue weighted by molar-refractivity contribution is 0.145. The molecule has 0 saturated carbocycles. The zero-order chi connectivity index (χ0) is 10.3. The smallest absolute Gasteiger partial charge is 0.0524 e. The highest BCUT2D eigenvalue weighted by Gasteiger charge is 2.11. The fourth-order valence-corrected chi connectivity index (χ4v) is 1.50. The maximum atomic E-state index is 9.13. The monoisotopic (exact) mass is 188 g/mol. The summed E-state index contributed by atoms with van der Waals surface area (Å²) >= 11 is 0. The maximum absolute atomic E-state index is 9.13. The Kier molecular flexibility index (Phi) is 7.23. The minimum absolute atomic E-state index is 0.196. The van der Waals surface area contributed by atoms with Crippen molar-refractivity contribution in [1.82, 2.24) is 4.90 Å². The average Bonchev–Trinajstić information content (AvgIpc) is 2.10. The van der Waals surface area contributed by atoms with Crippen LogP contribution in [0.5, 0.6) is 0 Å². The lowest BCUT2D eigenvalue weighted by atomic mass is 10.1. The second-order valence-corrected chi connectivity index (χ2v) is 3.76. The Morgan fingerprint density at radius 2 is 2.00 bits per heavy atom. The normalized spacial score (nSPS) is 16.2. The number of hydrogen-bond acceptors (Lipinski definition) is 3. The largest absolute Gasteiger partial charge is 0.393 e. The second-order valence-electron chi connectivity index (χ2n) is 3.76. The Morgan fingerprint density at radius 1 is 1.38 bits per heavy atom. The van der Waals surface area contributed by atoms with Crippen LogP contribution in [0.1, 0.15) is 33.1 Å². The molecule has 0 amide bonds. The summed E-state index contributed by atoms with van der Waals surface area (Å²) in [6.07, 6.45) is 2.83. The fourth-order valence-electron chi connectivity index (χ4n) is 1.50. The summed E-state index contributed by atoms with van der Waals surface area (Å²) in [5, 5.41) is 9.13. The lowest BCUT2D eigenvalue weighted by Gasteiger charge is -2.27. The number of aliphatic hydroxyl groups is 1. The van der Waals surface area contributed by atoms with Crippen LogP contribution in [0, 0.1) is 0 Å². The molecule has 13 heavy (non-hydrogen) atoms. The molecule has 3 nitrogen and oxygen atoms in total. The third-order valence-corrected chi connectivity index (χ3v) is 2.49. The number of hydrogen-bond donors (Lipinski definition) is 2. The average molecular weight is 188 g/mol. The third-order valence-electron chi connectivity index (χ3n) is 2.49. The van der Waals surface area contributed by atoms with E-state index in [-0.39, 0.29) is 6.10 Å². The lowest BCUT2D eigenvalue weighted by Crippen LogP contribution is -2.34. The van der Waals surface area contributed by atoms with Crippen molar-refractivity contribution < 1.29 is 5.11 Å². The van der Waals surface area contributed by atoms with Gasteiger partial charge in [-0.05, 0) is 39.8 Å². The van der Waals surface area contributed by atoms with Gasteiger partial charge in [-0.1, -0.05) is 6.92 Å². The molecule has 2 atom stereocenters. The Balaban J connectivity index is 3.69. The summed E-state index contributed by atoms with van der Waals surface area (Å²) in [4.78, 5) is 2.29. The van der Waals surface area contributed by atoms with Crippen molar-refractivity contribution in [1.29, 1.82) is 0 Å². The molecule has 0 aromatic carbocycles. The molecule has 0 aliphatic rings. The molecule has 0 bridgehead atoms. The zero-order valence-electron chi connectivity index (χ0n) is 9.16. The van der Waals surface area contributed by atoms with E-state index in [1.807, 2.05) is 6.92 Å². The van der Waals surface area contributed by atoms with Crippen LogP contribution < -0.4 is 5.73 Å². The number of nitrogens with zero attached hydrogens (tertiary/aromatic N) is 1. The second kappa shape index (κ2) is 7.30. The predicted octanol–water partition coefficient (Wildman–Crippen LogP) is 0.817. The molecule has 80 valence electrons. The van der Waals surface area contributed by atoms with Crippen LogP contribution in [0.2, 0.25) is 0 Å². The number of aliphatic hydroxyl groups excluding tert-OH is 1. The van der Waals surface area contributed by atoms with Crippen molar-refractivity contribution in [3.05, 3.63) is 0 Å². The Hall–Kier alpha value is -0.120. The molecule has 0 aliphatic heterocycles. The van der Waals surface area contributed by atoms with Crippen LogP contribution in [0.4, 0.5) is 0 Å². The van der Waals surface area contributed by atoms with E-state index in [0.717, 1.165) is 32.4 Å². The van der Waals surface area contributed by atoms with E-state index in [2.05, 4.69) is 18.9 Å². The third kappa shape index (κ3) is 6.02. The van der Waals surface area contributed by atoms with E-state index < -0.39 is 0 Å². The maximum Gasteiger partial charge on any atom is 0.0524 e. The van der Waals surface area contributed by atoms with Crippen molar-refractivity contribution in [2.24, 2.45) is 5.73 Å². The molecular formula is C10H24N2O. The van der Waals surface area contributed by atoms with E-state index in [9.17, 15) is 0 Å². The SMILES string of the molecule is CCC(CCN)N(C)CCC(C)O. The van der Waals surface area contributed by atoms with Crippen molar-refractivity contribution in [3.63, 3.8) is 0 Å². The highest BCUT2D eigenvalue weighted by Crippen LogP contribution is 2.06. The summed E-state index contributed by atoms with van der Waals surface area (Å²) in [5.74, 6) is 0. The van der Waals surface area contributed by atoms with Gasteiger partial charge in [0.15, 0.2) is 0 Å². The van der Waals surface area contributed by atoms with Crippen molar-refractivity contribution in [2.45, 2.75) is 45.3 Å². The molecule has 0 spiro atoms. The van der Waals surface area contributed by atoms with Crippen LogP contribution in [-0.4, -0.2) is 42.3 Å². The standard InChI is InChI=1S/C10H24N2O/c1-4-10(5-7-11)12(3)8-6-9(2)13/h9-10,13H,4-8,11H2,1-3H3. The number of rotatable bonds is 7. The summed E-state index contributed by atoms with van der Waals surface area (Å²) in [7, 11) is 2.10. The summed E-state index contributed by atoms with van der Waals surface area (Å²) in [6.45, 7) is 5.71. The molecule has 0 aliphatic carbocycles. The first-order valence-electron chi connectivity index (χ1n) is 5.20. The molecule has 0 aromatic rings. The van der Waals surface area contributed by atoms with Gasteiger partial charge in [-0.25, -0.2) is 0 Å². The van der Waals surface area contributed by atoms with Gasteiger partial charge in [-0.3, -0.25) is 0 Å². The van der Waals surface area contributed by atoms with E-state index >= 15 is 0 Å². The first kappa shape index (κ1) is 12.9. The Bertz CT molecular complexity index is 117. The molecule has 0 fully saturated rings. The van der Waals surface area contributed by atoms with Gasteiger partial charge in [0.1, 0.15) is 0 Å². The molecule has 0 radical (unpaired) electrons. The predicted molar refractivity (Wildman–Crippen MR) is 56.7 cm³/mol. The van der Waals surface area contributed by atoms with Gasteiger partial charge in [0.25, 0.3) is 0 Å². The minimum Gasteiger partial charge on any atom is -0.393 e. The van der Waals surface area contributed by atoms with E-state index in [4.69, 9.17) is 10.8 Å². The van der Waals surface area contributed by atoms with E-state index in [1.165, 1.54) is 0 Å². The van der Waals surface area contributed by atoms with Crippen LogP contribution in [0.3, 0.4) is 0 Å². The number of nitrogens with two attached hydrogens (primary N) is 1. The van der Waals surface area contributed by atoms with Crippen LogP contribution >= 0.6 is 0 Å². The Labute approximate surface area is 81.9 Å². The van der Waals surface area contributed by atoms with Crippen LogP contribution in [0.15, 0.2) is 0 Å². The zero-order valence-corrected chi connectivity index (χ0v) is 9.16. The highest BCUT2D eigenvalue weighted by molar-refractivity contribution is 4.68. The summed E-state index contributed by atoms with van der Waals surface area (Å²) < 4.78 is 0. The van der Waals surface area contributed by atoms with Crippen molar-refractivity contribution in [3.8, 4) is 0 Å². The van der Waals surface area contributed by atoms with Crippen LogP contribution in [0.25, 0.3) is 0 Å². The first-order valence-corrected chi connectivity index (χ1v) is 5.20. The molecule has 0 heterocycles. The molecule has 3 heteroatoms. The molecule has 0 aromatic heterocycles. The molecule has 3 N–H and O–H groups in total. The Morgan fingerprint density at radius 3 is 2.38 bits per heavy atom. The molecule has 0 rings (SSSR count). The summed E-state index contributed by atoms with van der Waals surface area (Å²) in [6, 6.07) is 0.573. The molecular weight excluding hydrogens is 164 g/mol. The van der Waals surface area contributed by atoms with Gasteiger partial charge < -0.3 is 15.7 Å². The fraction of sp³-hybridized carbons (Fsp3) is 1.00. The molecule has 2 unspecified atom stereocenters. The quantitative estimate of drug-likeness (QED) is 0.622. The van der Waals surface area contributed by atoms with Gasteiger partial charge in [0, 0.05) is 12.6 Å². The summed E-state index contributed by atoms with van der Waals surface area (Å²) in [5.41, 5.74) is 5.52. The van der Waals surface area contributed by atoms with Crippen LogP contribution in [-0.2, 0) is 0 Å².